The molecular weight excluding hydrogens is 362 g/mol. The molecule has 1 atom stereocenters. The molecule has 0 bridgehead atoms. The van der Waals surface area contributed by atoms with Crippen LogP contribution in [0.15, 0.2) is 30.3 Å². The molecule has 4 heterocycles. The number of rotatable bonds is 4. The van der Waals surface area contributed by atoms with Crippen molar-refractivity contribution in [3.63, 3.8) is 0 Å². The van der Waals surface area contributed by atoms with Gasteiger partial charge in [0.15, 0.2) is 0 Å². The van der Waals surface area contributed by atoms with Crippen LogP contribution in [-0.4, -0.2) is 60.8 Å². The molecule has 0 aliphatic carbocycles. The number of piperidine rings is 1. The molecule has 1 N–H and O–H groups in total. The Morgan fingerprint density at radius 1 is 1.03 bits per heavy atom. The van der Waals surface area contributed by atoms with Gasteiger partial charge in [-0.2, -0.15) is 4.98 Å². The van der Waals surface area contributed by atoms with Crippen molar-refractivity contribution in [3.05, 3.63) is 47.2 Å². The molecule has 0 spiro atoms. The van der Waals surface area contributed by atoms with Gasteiger partial charge in [0, 0.05) is 57.9 Å². The van der Waals surface area contributed by atoms with Crippen molar-refractivity contribution in [2.75, 3.05) is 50.1 Å². The molecule has 0 amide bonds. The van der Waals surface area contributed by atoms with Crippen molar-refractivity contribution < 1.29 is 4.74 Å². The predicted molar refractivity (Wildman–Crippen MR) is 116 cm³/mol. The zero-order chi connectivity index (χ0) is 19.6. The maximum absolute atomic E-state index is 5.58. The first-order chi connectivity index (χ1) is 14.3. The van der Waals surface area contributed by atoms with Gasteiger partial charge in [-0.05, 0) is 36.8 Å². The summed E-state index contributed by atoms with van der Waals surface area (Å²) < 4.78 is 5.58. The number of nitrogens with zero attached hydrogens (tertiary/aromatic N) is 4. The molecule has 5 rings (SSSR count). The van der Waals surface area contributed by atoms with E-state index in [1.807, 2.05) is 7.05 Å². The van der Waals surface area contributed by atoms with Gasteiger partial charge in [0.05, 0.1) is 12.3 Å². The lowest BCUT2D eigenvalue weighted by Gasteiger charge is -2.41. The highest BCUT2D eigenvalue weighted by atomic mass is 16.5. The number of aromatic nitrogens is 2. The topological polar surface area (TPSA) is 53.5 Å². The van der Waals surface area contributed by atoms with Gasteiger partial charge < -0.3 is 15.0 Å². The third kappa shape index (κ3) is 3.96. The van der Waals surface area contributed by atoms with Crippen LogP contribution in [0.25, 0.3) is 0 Å². The molecule has 0 unspecified atom stereocenters. The molecule has 1 aromatic heterocycles. The summed E-state index contributed by atoms with van der Waals surface area (Å²) >= 11 is 0. The average Bonchev–Trinajstić information content (AvgIpc) is 3.34. The van der Waals surface area contributed by atoms with Crippen molar-refractivity contribution in [2.24, 2.45) is 0 Å². The summed E-state index contributed by atoms with van der Waals surface area (Å²) in [5.74, 6) is 2.18. The Kier molecular flexibility index (Phi) is 5.38. The average molecular weight is 394 g/mol. The van der Waals surface area contributed by atoms with Gasteiger partial charge in [0.25, 0.3) is 0 Å². The normalized spacial score (nSPS) is 23.2. The lowest BCUT2D eigenvalue weighted by molar-refractivity contribution is 0.153. The van der Waals surface area contributed by atoms with Crippen molar-refractivity contribution in [2.45, 2.75) is 44.2 Å². The maximum atomic E-state index is 5.58. The van der Waals surface area contributed by atoms with E-state index in [0.29, 0.717) is 12.0 Å². The van der Waals surface area contributed by atoms with E-state index in [4.69, 9.17) is 14.7 Å². The van der Waals surface area contributed by atoms with Crippen molar-refractivity contribution in [3.8, 4) is 0 Å². The highest BCUT2D eigenvalue weighted by Gasteiger charge is 2.28. The number of fused-ring (bicyclic) bond motifs is 1. The van der Waals surface area contributed by atoms with Gasteiger partial charge in [0.1, 0.15) is 5.82 Å². The second-order valence-electron chi connectivity index (χ2n) is 8.49. The molecule has 3 aliphatic heterocycles. The number of benzene rings is 1. The Hall–Kier alpha value is -2.18. The Balaban J connectivity index is 1.25. The van der Waals surface area contributed by atoms with E-state index >= 15 is 0 Å². The fourth-order valence-electron chi connectivity index (χ4n) is 4.99. The van der Waals surface area contributed by atoms with Gasteiger partial charge in [-0.25, -0.2) is 4.98 Å². The third-order valence-electron chi connectivity index (χ3n) is 6.77. The lowest BCUT2D eigenvalue weighted by atomic mass is 9.95. The molecule has 154 valence electrons. The largest absolute Gasteiger partial charge is 0.381 e. The van der Waals surface area contributed by atoms with Crippen LogP contribution >= 0.6 is 0 Å². The molecule has 6 nitrogen and oxygen atoms in total. The minimum Gasteiger partial charge on any atom is -0.381 e. The summed E-state index contributed by atoms with van der Waals surface area (Å²) in [5, 5.41) is 3.14. The van der Waals surface area contributed by atoms with Crippen LogP contribution in [0.3, 0.4) is 0 Å². The maximum Gasteiger partial charge on any atom is 0.224 e. The molecule has 2 saturated heterocycles. The van der Waals surface area contributed by atoms with Gasteiger partial charge in [-0.3, -0.25) is 4.90 Å². The quantitative estimate of drug-likeness (QED) is 0.862. The summed E-state index contributed by atoms with van der Waals surface area (Å²) in [4.78, 5) is 14.6. The van der Waals surface area contributed by atoms with Crippen molar-refractivity contribution in [1.29, 1.82) is 0 Å². The zero-order valence-corrected chi connectivity index (χ0v) is 17.3. The molecule has 3 aliphatic rings. The summed E-state index contributed by atoms with van der Waals surface area (Å²) in [6.45, 7) is 6.02. The van der Waals surface area contributed by atoms with Crippen molar-refractivity contribution in [1.82, 2.24) is 14.9 Å². The molecular formula is C23H31N5O. The second-order valence-corrected chi connectivity index (χ2v) is 8.49. The zero-order valence-electron chi connectivity index (χ0n) is 17.3. The number of anilines is 2. The van der Waals surface area contributed by atoms with E-state index < -0.39 is 0 Å². The molecule has 2 aromatic rings. The number of nitrogens with one attached hydrogen (secondary N) is 1. The van der Waals surface area contributed by atoms with Crippen molar-refractivity contribution >= 4 is 11.8 Å². The Labute approximate surface area is 173 Å². The van der Waals surface area contributed by atoms with Crippen LogP contribution in [0.2, 0.25) is 0 Å². The van der Waals surface area contributed by atoms with Crippen LogP contribution in [0.1, 0.15) is 42.0 Å². The Morgan fingerprint density at radius 2 is 1.86 bits per heavy atom. The first-order valence-electron chi connectivity index (χ1n) is 11.0. The van der Waals surface area contributed by atoms with E-state index in [0.717, 1.165) is 56.7 Å². The molecule has 6 heteroatoms. The minimum absolute atomic E-state index is 0.398. The van der Waals surface area contributed by atoms with Gasteiger partial charge in [-0.1, -0.05) is 24.3 Å². The predicted octanol–water partition coefficient (Wildman–Crippen LogP) is 3.05. The van der Waals surface area contributed by atoms with E-state index in [1.165, 1.54) is 36.9 Å². The fourth-order valence-corrected chi connectivity index (χ4v) is 4.99. The first kappa shape index (κ1) is 18.8. The first-order valence-corrected chi connectivity index (χ1v) is 11.0. The highest BCUT2D eigenvalue weighted by molar-refractivity contribution is 5.46. The molecule has 0 saturated carbocycles. The summed E-state index contributed by atoms with van der Waals surface area (Å²) in [7, 11) is 1.90. The van der Waals surface area contributed by atoms with Gasteiger partial charge >= 0.3 is 0 Å². The van der Waals surface area contributed by atoms with Gasteiger partial charge in [0.2, 0.25) is 5.95 Å². The van der Waals surface area contributed by atoms with E-state index in [9.17, 15) is 0 Å². The Bertz CT molecular complexity index is 843. The SMILES string of the molecule is CNc1nc([C@H]2CCOC2)cc(N2CCC(N3CCc4ccccc4C3)CC2)n1. The summed E-state index contributed by atoms with van der Waals surface area (Å²) in [5.41, 5.74) is 4.16. The lowest BCUT2D eigenvalue weighted by Crippen LogP contribution is -2.46. The summed E-state index contributed by atoms with van der Waals surface area (Å²) in [6, 6.07) is 11.8. The van der Waals surface area contributed by atoms with E-state index in [2.05, 4.69) is 45.4 Å². The molecule has 2 fully saturated rings. The molecule has 29 heavy (non-hydrogen) atoms. The van der Waals surface area contributed by atoms with E-state index in [1.54, 1.807) is 0 Å². The van der Waals surface area contributed by atoms with Crippen LogP contribution in [0, 0.1) is 0 Å². The molecule has 0 radical (unpaired) electrons. The standard InChI is InChI=1S/C23H31N5O/c1-24-23-25-21(19-9-13-29-16-19)14-22(26-23)27-11-7-20(8-12-27)28-10-6-17-4-2-3-5-18(17)15-28/h2-5,14,19-20H,6-13,15-16H2,1H3,(H,24,25,26)/t19-/m0/s1. The number of hydrogen-bond acceptors (Lipinski definition) is 6. The van der Waals surface area contributed by atoms with Crippen LogP contribution in [-0.2, 0) is 17.7 Å². The Morgan fingerprint density at radius 3 is 2.62 bits per heavy atom. The van der Waals surface area contributed by atoms with Crippen LogP contribution in [0.4, 0.5) is 11.8 Å². The van der Waals surface area contributed by atoms with Crippen LogP contribution < -0.4 is 10.2 Å². The smallest absolute Gasteiger partial charge is 0.224 e. The summed E-state index contributed by atoms with van der Waals surface area (Å²) in [6.07, 6.45) is 4.63. The molecule has 1 aromatic carbocycles. The monoisotopic (exact) mass is 393 g/mol. The second kappa shape index (κ2) is 8.28. The van der Waals surface area contributed by atoms with Crippen LogP contribution in [0.5, 0.6) is 0 Å². The number of hydrogen-bond donors (Lipinski definition) is 1. The van der Waals surface area contributed by atoms with Gasteiger partial charge in [-0.15, -0.1) is 0 Å². The fraction of sp³-hybridized carbons (Fsp3) is 0.565. The van der Waals surface area contributed by atoms with E-state index in [-0.39, 0.29) is 0 Å². The number of ether oxygens (including phenoxy) is 1. The third-order valence-corrected chi connectivity index (χ3v) is 6.77. The highest BCUT2D eigenvalue weighted by Crippen LogP contribution is 2.30. The minimum atomic E-state index is 0.398.